The Morgan fingerprint density at radius 3 is 2.17 bits per heavy atom. The number of para-hydroxylation sites is 1. The van der Waals surface area contributed by atoms with E-state index >= 15 is 0 Å². The monoisotopic (exact) mass is 244 g/mol. The number of hydrazine groups is 2. The fourth-order valence-electron chi connectivity index (χ4n) is 1.56. The molecule has 0 aliphatic heterocycles. The van der Waals surface area contributed by atoms with Crippen molar-refractivity contribution in [2.75, 3.05) is 21.9 Å². The van der Waals surface area contributed by atoms with Gasteiger partial charge in [0.15, 0.2) is 0 Å². The van der Waals surface area contributed by atoms with E-state index in [2.05, 4.69) is 5.32 Å². The Morgan fingerprint density at radius 2 is 1.56 bits per heavy atom. The van der Waals surface area contributed by atoms with Gasteiger partial charge in [-0.05, 0) is 36.4 Å². The topological polar surface area (TPSA) is 119 Å². The molecule has 0 unspecified atom stereocenters. The third kappa shape index (κ3) is 2.45. The number of hydrogen-bond donors (Lipinski definition) is 5. The van der Waals surface area contributed by atoms with Crippen molar-refractivity contribution in [3.05, 3.63) is 42.5 Å². The zero-order valence-electron chi connectivity index (χ0n) is 9.80. The van der Waals surface area contributed by atoms with Crippen LogP contribution in [0.5, 0.6) is 0 Å². The molecule has 6 nitrogen and oxygen atoms in total. The molecule has 9 N–H and O–H groups in total. The van der Waals surface area contributed by atoms with Crippen LogP contribution in [0, 0.1) is 0 Å². The second-order valence-corrected chi connectivity index (χ2v) is 3.89. The van der Waals surface area contributed by atoms with Crippen LogP contribution in [0.1, 0.15) is 0 Å². The van der Waals surface area contributed by atoms with Gasteiger partial charge >= 0.3 is 0 Å². The third-order valence-electron chi connectivity index (χ3n) is 2.58. The lowest BCUT2D eigenvalue weighted by Crippen LogP contribution is -2.37. The van der Waals surface area contributed by atoms with Crippen molar-refractivity contribution in [3.63, 3.8) is 0 Å². The van der Waals surface area contributed by atoms with Gasteiger partial charge in [-0.25, -0.2) is 16.8 Å². The van der Waals surface area contributed by atoms with E-state index in [1.165, 1.54) is 0 Å². The maximum absolute atomic E-state index is 5.87. The van der Waals surface area contributed by atoms with Crippen LogP contribution >= 0.6 is 0 Å². The predicted octanol–water partition coefficient (Wildman–Crippen LogP) is 1.15. The van der Waals surface area contributed by atoms with E-state index in [4.69, 9.17) is 23.2 Å². The molecule has 6 heteroatoms. The fourth-order valence-corrected chi connectivity index (χ4v) is 1.56. The van der Waals surface area contributed by atoms with Gasteiger partial charge in [-0.15, -0.1) is 0 Å². The molecule has 0 radical (unpaired) electrons. The number of anilines is 5. The molecule has 2 aromatic rings. The molecule has 0 bridgehead atoms. The second kappa shape index (κ2) is 4.82. The van der Waals surface area contributed by atoms with E-state index in [9.17, 15) is 0 Å². The molecule has 0 saturated carbocycles. The summed E-state index contributed by atoms with van der Waals surface area (Å²) in [5.41, 5.74) is 15.0. The first-order chi connectivity index (χ1) is 8.58. The molecule has 0 spiro atoms. The van der Waals surface area contributed by atoms with Crippen LogP contribution in [-0.4, -0.2) is 0 Å². The van der Waals surface area contributed by atoms with Gasteiger partial charge in [0.05, 0.1) is 22.7 Å². The lowest BCUT2D eigenvalue weighted by Gasteiger charge is -2.14. The summed E-state index contributed by atoms with van der Waals surface area (Å²) >= 11 is 0. The summed E-state index contributed by atoms with van der Waals surface area (Å²) in [6.45, 7) is 0. The van der Waals surface area contributed by atoms with Crippen LogP contribution in [0.2, 0.25) is 0 Å². The minimum atomic E-state index is 0.529. The van der Waals surface area contributed by atoms with Crippen molar-refractivity contribution in [1.29, 1.82) is 0 Å². The van der Waals surface area contributed by atoms with Crippen LogP contribution in [0.25, 0.3) is 0 Å². The number of nitrogen functional groups attached to an aromatic ring is 2. The highest BCUT2D eigenvalue weighted by molar-refractivity contribution is 5.81. The molecule has 18 heavy (non-hydrogen) atoms. The Kier molecular flexibility index (Phi) is 3.22. The van der Waals surface area contributed by atoms with E-state index in [1.807, 2.05) is 24.3 Å². The van der Waals surface area contributed by atoms with Crippen molar-refractivity contribution in [2.45, 2.75) is 0 Å². The van der Waals surface area contributed by atoms with Gasteiger partial charge < -0.3 is 16.8 Å². The molecule has 0 aliphatic carbocycles. The average Bonchev–Trinajstić information content (AvgIpc) is 2.36. The molecule has 0 aromatic heterocycles. The SMILES string of the molecule is Nc1cccc(Nc2ccc(N(N)N)cc2)c1N. The Bertz CT molecular complexity index is 535. The number of rotatable bonds is 3. The summed E-state index contributed by atoms with van der Waals surface area (Å²) < 4.78 is 0. The molecule has 0 amide bonds. The van der Waals surface area contributed by atoms with E-state index in [0.717, 1.165) is 16.5 Å². The number of benzene rings is 2. The molecule has 2 rings (SSSR count). The summed E-state index contributed by atoms with van der Waals surface area (Å²) in [5.74, 6) is 10.8. The summed E-state index contributed by atoms with van der Waals surface area (Å²) in [6.07, 6.45) is 0. The Hall–Kier alpha value is -2.44. The molecule has 2 aromatic carbocycles. The van der Waals surface area contributed by atoms with Crippen LogP contribution in [0.3, 0.4) is 0 Å². The zero-order chi connectivity index (χ0) is 13.1. The van der Waals surface area contributed by atoms with Crippen LogP contribution in [-0.2, 0) is 0 Å². The fraction of sp³-hybridized carbons (Fsp3) is 0. The molecule has 0 heterocycles. The summed E-state index contributed by atoms with van der Waals surface area (Å²) in [7, 11) is 0. The molecule has 94 valence electrons. The molecule has 0 saturated heterocycles. The van der Waals surface area contributed by atoms with Crippen molar-refractivity contribution in [3.8, 4) is 0 Å². The minimum Gasteiger partial charge on any atom is -0.397 e. The van der Waals surface area contributed by atoms with Gasteiger partial charge in [0.1, 0.15) is 0 Å². The summed E-state index contributed by atoms with van der Waals surface area (Å²) in [6, 6.07) is 12.7. The lowest BCUT2D eigenvalue weighted by molar-refractivity contribution is 0.925. The molecule has 0 atom stereocenters. The number of hydrogen-bond acceptors (Lipinski definition) is 6. The molecule has 0 aliphatic rings. The molecular formula is C12H16N6. The minimum absolute atomic E-state index is 0.529. The van der Waals surface area contributed by atoms with Gasteiger partial charge in [0, 0.05) is 5.69 Å². The average molecular weight is 244 g/mol. The van der Waals surface area contributed by atoms with E-state index in [0.29, 0.717) is 17.1 Å². The van der Waals surface area contributed by atoms with Gasteiger partial charge in [-0.1, -0.05) is 6.07 Å². The van der Waals surface area contributed by atoms with Gasteiger partial charge in [-0.3, -0.25) is 0 Å². The van der Waals surface area contributed by atoms with Crippen molar-refractivity contribution in [1.82, 2.24) is 0 Å². The Balaban J connectivity index is 2.21. The Labute approximate surface area is 105 Å². The first kappa shape index (κ1) is 12.0. The second-order valence-electron chi connectivity index (χ2n) is 3.89. The predicted molar refractivity (Wildman–Crippen MR) is 75.8 cm³/mol. The van der Waals surface area contributed by atoms with Crippen LogP contribution in [0.4, 0.5) is 28.4 Å². The van der Waals surface area contributed by atoms with Gasteiger partial charge in [0.25, 0.3) is 0 Å². The van der Waals surface area contributed by atoms with Gasteiger partial charge in [0.2, 0.25) is 0 Å². The maximum atomic E-state index is 5.87. The summed E-state index contributed by atoms with van der Waals surface area (Å²) in [4.78, 5) is 0. The van der Waals surface area contributed by atoms with E-state index in [1.54, 1.807) is 18.2 Å². The summed E-state index contributed by atoms with van der Waals surface area (Å²) in [5, 5.41) is 4.23. The van der Waals surface area contributed by atoms with Crippen LogP contribution < -0.4 is 33.6 Å². The highest BCUT2D eigenvalue weighted by Crippen LogP contribution is 2.28. The number of nitrogens with two attached hydrogens (primary N) is 4. The van der Waals surface area contributed by atoms with Gasteiger partial charge in [-0.2, -0.15) is 0 Å². The maximum Gasteiger partial charge on any atom is 0.0786 e. The largest absolute Gasteiger partial charge is 0.397 e. The van der Waals surface area contributed by atoms with E-state index < -0.39 is 0 Å². The normalized spacial score (nSPS) is 10.1. The first-order valence-electron chi connectivity index (χ1n) is 5.38. The molecule has 0 fully saturated rings. The first-order valence-corrected chi connectivity index (χ1v) is 5.38. The number of nitrogens with zero attached hydrogens (tertiary/aromatic N) is 1. The lowest BCUT2D eigenvalue weighted by atomic mass is 10.2. The van der Waals surface area contributed by atoms with Crippen molar-refractivity contribution < 1.29 is 0 Å². The van der Waals surface area contributed by atoms with Crippen LogP contribution in [0.15, 0.2) is 42.5 Å². The highest BCUT2D eigenvalue weighted by Gasteiger charge is 2.03. The number of nitrogens with one attached hydrogen (secondary N) is 1. The smallest absolute Gasteiger partial charge is 0.0786 e. The van der Waals surface area contributed by atoms with Crippen molar-refractivity contribution >= 4 is 28.4 Å². The quantitative estimate of drug-likeness (QED) is 0.314. The molecular weight excluding hydrogens is 228 g/mol. The Morgan fingerprint density at radius 1 is 0.889 bits per heavy atom. The third-order valence-corrected chi connectivity index (χ3v) is 2.58. The highest BCUT2D eigenvalue weighted by atomic mass is 15.6. The van der Waals surface area contributed by atoms with Crippen molar-refractivity contribution in [2.24, 2.45) is 11.7 Å². The standard InChI is InChI=1S/C12H16N6/c13-10-2-1-3-11(12(10)14)17-8-4-6-9(7-5-8)18(15)16/h1-7,17H,13-16H2. The zero-order valence-corrected chi connectivity index (χ0v) is 9.80. The van der Waals surface area contributed by atoms with E-state index in [-0.39, 0.29) is 0 Å².